The zero-order chi connectivity index (χ0) is 26.8. The number of aliphatic hydroxyl groups is 2. The first-order valence-corrected chi connectivity index (χ1v) is 13.9. The van der Waals surface area contributed by atoms with E-state index in [1.807, 2.05) is 6.07 Å². The van der Waals surface area contributed by atoms with Crippen LogP contribution in [-0.4, -0.2) is 62.9 Å². The number of fused-ring (bicyclic) bond motifs is 1. The van der Waals surface area contributed by atoms with Gasteiger partial charge in [0.1, 0.15) is 0 Å². The molecule has 6 N–H and O–H groups in total. The van der Waals surface area contributed by atoms with E-state index in [0.717, 1.165) is 54.2 Å². The van der Waals surface area contributed by atoms with E-state index in [-0.39, 0.29) is 0 Å². The molecule has 1 saturated carbocycles. The van der Waals surface area contributed by atoms with Gasteiger partial charge >= 0.3 is 11.9 Å². The number of anilines is 1. The summed E-state index contributed by atoms with van der Waals surface area (Å²) in [7, 11) is 0. The largest absolute Gasteiger partial charge is 0.479 e. The number of thioether (sulfide) groups is 1. The van der Waals surface area contributed by atoms with Crippen LogP contribution in [0.5, 0.6) is 0 Å². The van der Waals surface area contributed by atoms with Gasteiger partial charge in [-0.2, -0.15) is 11.8 Å². The molecule has 1 aliphatic carbocycles. The Bertz CT molecular complexity index is 1030. The van der Waals surface area contributed by atoms with Gasteiger partial charge in [0.25, 0.3) is 0 Å². The number of nitrogens with one attached hydrogen (secondary N) is 2. The summed E-state index contributed by atoms with van der Waals surface area (Å²) in [5, 5.41) is 41.3. The van der Waals surface area contributed by atoms with Gasteiger partial charge in [-0.1, -0.05) is 54.8 Å². The van der Waals surface area contributed by atoms with Crippen LogP contribution in [0, 0.1) is 0 Å². The molecule has 2 aromatic carbocycles. The van der Waals surface area contributed by atoms with Crippen LogP contribution in [-0.2, 0) is 34.7 Å². The molecule has 0 saturated heterocycles. The summed E-state index contributed by atoms with van der Waals surface area (Å²) in [5.74, 6) is -2.39. The Labute approximate surface area is 226 Å². The molecule has 1 heterocycles. The molecule has 0 spiro atoms. The molecule has 10 heteroatoms. The minimum absolute atomic E-state index is 0.819. The lowest BCUT2D eigenvalue weighted by atomic mass is 10.0. The Kier molecular flexibility index (Phi) is 11.5. The molecule has 0 bridgehead atoms. The number of carboxylic acids is 2. The molecule has 0 amide bonds. The van der Waals surface area contributed by atoms with Crippen molar-refractivity contribution in [3.63, 3.8) is 0 Å². The van der Waals surface area contributed by atoms with Gasteiger partial charge in [0.2, 0.25) is 0 Å². The maximum atomic E-state index is 9.77. The molecular formula is C27H35ClN2O6S. The summed E-state index contributed by atoms with van der Waals surface area (Å²) in [4.78, 5) is 19.5. The standard InChI is InChI=1S/C23H29ClN2S.C4H6O6/c24-22-10-9-19-11-13-25-14-12-21(19)23(22)26-15-17-5-7-18(8-6-17)16-27-20-3-1-2-4-20;5-1(3(7)8)2(6)4(9)10/h5-10,20,25-26H,1-4,11-16H2;1-2,5-6H,(H,7,8)(H,9,10)/t;1-,2-/m.1/s1. The number of carbonyl (C=O) groups is 2. The normalized spacial score (nSPS) is 17.1. The fraction of sp³-hybridized carbons (Fsp3) is 0.481. The highest BCUT2D eigenvalue weighted by molar-refractivity contribution is 7.99. The summed E-state index contributed by atoms with van der Waals surface area (Å²) in [5.41, 5.74) is 6.68. The van der Waals surface area contributed by atoms with E-state index < -0.39 is 24.1 Å². The van der Waals surface area contributed by atoms with E-state index in [1.54, 1.807) is 0 Å². The molecule has 2 aromatic rings. The van der Waals surface area contributed by atoms with Crippen molar-refractivity contribution in [1.82, 2.24) is 5.32 Å². The van der Waals surface area contributed by atoms with Crippen molar-refractivity contribution in [1.29, 1.82) is 0 Å². The first kappa shape index (κ1) is 29.3. The first-order chi connectivity index (χ1) is 17.8. The molecule has 37 heavy (non-hydrogen) atoms. The minimum Gasteiger partial charge on any atom is -0.479 e. The smallest absolute Gasteiger partial charge is 0.335 e. The van der Waals surface area contributed by atoms with Gasteiger partial charge in [-0.3, -0.25) is 0 Å². The fourth-order valence-corrected chi connectivity index (χ4v) is 5.95. The van der Waals surface area contributed by atoms with E-state index in [4.69, 9.17) is 32.0 Å². The van der Waals surface area contributed by atoms with Crippen LogP contribution in [0.4, 0.5) is 5.69 Å². The average molecular weight is 551 g/mol. The number of benzene rings is 2. The van der Waals surface area contributed by atoms with Gasteiger partial charge in [-0.25, -0.2) is 9.59 Å². The molecule has 0 unspecified atom stereocenters. The lowest BCUT2D eigenvalue weighted by molar-refractivity contribution is -0.165. The van der Waals surface area contributed by atoms with Gasteiger partial charge in [0, 0.05) is 17.5 Å². The van der Waals surface area contributed by atoms with Gasteiger partial charge in [0.05, 0.1) is 10.7 Å². The summed E-state index contributed by atoms with van der Waals surface area (Å²) in [6.45, 7) is 2.89. The second kappa shape index (κ2) is 14.6. The molecule has 202 valence electrons. The Balaban J connectivity index is 0.000000325. The summed E-state index contributed by atoms with van der Waals surface area (Å²) in [6, 6.07) is 13.3. The second-order valence-electron chi connectivity index (χ2n) is 9.26. The molecule has 8 nitrogen and oxygen atoms in total. The van der Waals surface area contributed by atoms with Crippen LogP contribution in [0.2, 0.25) is 5.02 Å². The zero-order valence-electron chi connectivity index (χ0n) is 20.7. The predicted molar refractivity (Wildman–Crippen MR) is 146 cm³/mol. The number of halogens is 1. The molecular weight excluding hydrogens is 516 g/mol. The summed E-state index contributed by atoms with van der Waals surface area (Å²) in [6.07, 6.45) is 3.24. The molecule has 1 fully saturated rings. The van der Waals surface area contributed by atoms with Crippen molar-refractivity contribution in [3.8, 4) is 0 Å². The van der Waals surface area contributed by atoms with Crippen molar-refractivity contribution in [2.75, 3.05) is 18.4 Å². The lowest BCUT2D eigenvalue weighted by Crippen LogP contribution is -2.39. The van der Waals surface area contributed by atoms with Crippen LogP contribution in [0.15, 0.2) is 36.4 Å². The van der Waals surface area contributed by atoms with Crippen molar-refractivity contribution in [2.45, 2.75) is 68.3 Å². The number of carboxylic acid groups (broad SMARTS) is 2. The summed E-state index contributed by atoms with van der Waals surface area (Å²) >= 11 is 8.66. The number of aliphatic hydroxyl groups excluding tert-OH is 2. The number of hydrogen-bond donors (Lipinski definition) is 6. The molecule has 2 atom stereocenters. The molecule has 2 aliphatic rings. The Morgan fingerprint density at radius 1 is 0.946 bits per heavy atom. The van der Waals surface area contributed by atoms with Gasteiger partial charge in [-0.15, -0.1) is 0 Å². The van der Waals surface area contributed by atoms with Crippen LogP contribution in [0.1, 0.15) is 47.9 Å². The third-order valence-corrected chi connectivity index (χ3v) is 8.33. The molecule has 0 radical (unpaired) electrons. The topological polar surface area (TPSA) is 139 Å². The molecule has 4 rings (SSSR count). The number of aliphatic carboxylic acids is 2. The fourth-order valence-electron chi connectivity index (χ4n) is 4.42. The van der Waals surface area contributed by atoms with E-state index >= 15 is 0 Å². The third kappa shape index (κ3) is 8.90. The third-order valence-electron chi connectivity index (χ3n) is 6.57. The Morgan fingerprint density at radius 3 is 2.16 bits per heavy atom. The average Bonchev–Trinajstić information content (AvgIpc) is 3.30. The Hall–Kier alpha value is -2.30. The minimum atomic E-state index is -2.27. The maximum Gasteiger partial charge on any atom is 0.335 e. The van der Waals surface area contributed by atoms with Crippen LogP contribution < -0.4 is 10.6 Å². The highest BCUT2D eigenvalue weighted by atomic mass is 35.5. The zero-order valence-corrected chi connectivity index (χ0v) is 22.2. The quantitative estimate of drug-likeness (QED) is 0.276. The molecule has 1 aliphatic heterocycles. The lowest BCUT2D eigenvalue weighted by Gasteiger charge is -2.16. The second-order valence-corrected chi connectivity index (χ2v) is 11.0. The number of hydrogen-bond acceptors (Lipinski definition) is 7. The van der Waals surface area contributed by atoms with E-state index in [9.17, 15) is 9.59 Å². The van der Waals surface area contributed by atoms with Crippen LogP contribution in [0.3, 0.4) is 0 Å². The van der Waals surface area contributed by atoms with E-state index in [1.165, 1.54) is 47.9 Å². The number of rotatable bonds is 9. The van der Waals surface area contributed by atoms with Crippen molar-refractivity contribution >= 4 is 41.0 Å². The van der Waals surface area contributed by atoms with Gasteiger partial charge in [-0.05, 0) is 67.1 Å². The predicted octanol–water partition coefficient (Wildman–Crippen LogP) is 3.69. The first-order valence-electron chi connectivity index (χ1n) is 12.5. The van der Waals surface area contributed by atoms with Crippen molar-refractivity contribution < 1.29 is 30.0 Å². The maximum absolute atomic E-state index is 9.77. The van der Waals surface area contributed by atoms with Gasteiger partial charge < -0.3 is 31.1 Å². The van der Waals surface area contributed by atoms with Crippen LogP contribution in [0.25, 0.3) is 0 Å². The highest BCUT2D eigenvalue weighted by Gasteiger charge is 2.29. The van der Waals surface area contributed by atoms with Crippen molar-refractivity contribution in [3.05, 3.63) is 63.7 Å². The van der Waals surface area contributed by atoms with Gasteiger partial charge in [0.15, 0.2) is 12.2 Å². The Morgan fingerprint density at radius 2 is 1.54 bits per heavy atom. The summed E-state index contributed by atoms with van der Waals surface area (Å²) < 4.78 is 0. The monoisotopic (exact) mass is 550 g/mol. The van der Waals surface area contributed by atoms with Crippen molar-refractivity contribution in [2.24, 2.45) is 0 Å². The van der Waals surface area contributed by atoms with Crippen LogP contribution >= 0.6 is 23.4 Å². The SMILES string of the molecule is Clc1ccc2c(c1NCc1ccc(CSC3CCCC3)cc1)CCNCC2.O=C(O)[C@H](O)[C@@H](O)C(=O)O. The van der Waals surface area contributed by atoms with E-state index in [2.05, 4.69) is 52.7 Å². The highest BCUT2D eigenvalue weighted by Crippen LogP contribution is 2.32. The molecule has 0 aromatic heterocycles. The van der Waals surface area contributed by atoms with E-state index in [0.29, 0.717) is 0 Å².